The summed E-state index contributed by atoms with van der Waals surface area (Å²) in [5, 5.41) is 0. The predicted molar refractivity (Wildman–Crippen MR) is 32.4 cm³/mol. The normalized spacial score (nSPS) is 8.88. The molecule has 0 saturated heterocycles. The van der Waals surface area contributed by atoms with E-state index in [0.29, 0.717) is 0 Å². The van der Waals surface area contributed by atoms with Gasteiger partial charge in [-0.15, -0.1) is 0 Å². The van der Waals surface area contributed by atoms with Gasteiger partial charge in [-0.1, -0.05) is 0 Å². The van der Waals surface area contributed by atoms with E-state index in [2.05, 4.69) is 0 Å². The molecule has 0 aromatic rings. The molecule has 0 radical (unpaired) electrons. The van der Waals surface area contributed by atoms with E-state index in [4.69, 9.17) is 5.73 Å². The summed E-state index contributed by atoms with van der Waals surface area (Å²) < 4.78 is 0. The molecule has 3 nitrogen and oxygen atoms in total. The van der Waals surface area contributed by atoms with Gasteiger partial charge >= 0.3 is 0 Å². The maximum Gasteiger partial charge on any atom is 0.236 e. The second kappa shape index (κ2) is 3.43. The van der Waals surface area contributed by atoms with E-state index in [0.717, 1.165) is 6.54 Å². The molecule has 8 heavy (non-hydrogen) atoms. The fourth-order valence-corrected chi connectivity index (χ4v) is 0.332. The Hall–Kier alpha value is -0.570. The van der Waals surface area contributed by atoms with Crippen LogP contribution >= 0.6 is 0 Å². The van der Waals surface area contributed by atoms with Crippen LogP contribution in [0.25, 0.3) is 0 Å². The third-order valence-corrected chi connectivity index (χ3v) is 1.07. The Balaban J connectivity index is 3.46. The zero-order valence-corrected chi connectivity index (χ0v) is 5.35. The van der Waals surface area contributed by atoms with Crippen LogP contribution in [0, 0.1) is 0 Å². The first-order chi connectivity index (χ1) is 3.72. The van der Waals surface area contributed by atoms with Crippen molar-refractivity contribution in [3.05, 3.63) is 0 Å². The zero-order valence-electron chi connectivity index (χ0n) is 5.35. The molecule has 0 fully saturated rings. The molecule has 0 bridgehead atoms. The molecular formula is C5H12N2O. The van der Waals surface area contributed by atoms with E-state index in [1.807, 2.05) is 6.92 Å². The molecule has 2 N–H and O–H groups in total. The van der Waals surface area contributed by atoms with Gasteiger partial charge in [0.1, 0.15) is 0 Å². The minimum absolute atomic E-state index is 0.00694. The van der Waals surface area contributed by atoms with Gasteiger partial charge in [0, 0.05) is 13.6 Å². The number of nitrogens with two attached hydrogens (primary N) is 1. The number of nitrogens with zero attached hydrogens (tertiary/aromatic N) is 1. The molecular weight excluding hydrogens is 104 g/mol. The van der Waals surface area contributed by atoms with Gasteiger partial charge in [-0.05, 0) is 6.92 Å². The monoisotopic (exact) mass is 116 g/mol. The summed E-state index contributed by atoms with van der Waals surface area (Å²) >= 11 is 0. The first-order valence-electron chi connectivity index (χ1n) is 2.66. The Bertz CT molecular complexity index is 82.5. The lowest BCUT2D eigenvalue weighted by Crippen LogP contribution is -2.32. The van der Waals surface area contributed by atoms with Crippen molar-refractivity contribution in [3.63, 3.8) is 0 Å². The molecule has 0 saturated carbocycles. The molecule has 48 valence electrons. The number of carbonyl (C=O) groups excluding carboxylic acids is 1. The van der Waals surface area contributed by atoms with Gasteiger partial charge in [-0.25, -0.2) is 0 Å². The smallest absolute Gasteiger partial charge is 0.236 e. The topological polar surface area (TPSA) is 46.3 Å². The lowest BCUT2D eigenvalue weighted by molar-refractivity contribution is -0.128. The van der Waals surface area contributed by atoms with Crippen LogP contribution in [0.3, 0.4) is 0 Å². The highest BCUT2D eigenvalue weighted by molar-refractivity contribution is 5.77. The molecule has 0 rings (SSSR count). The van der Waals surface area contributed by atoms with Crippen LogP contribution in [0.15, 0.2) is 0 Å². The van der Waals surface area contributed by atoms with Gasteiger partial charge in [-0.2, -0.15) is 0 Å². The van der Waals surface area contributed by atoms with E-state index >= 15 is 0 Å². The van der Waals surface area contributed by atoms with E-state index in [-0.39, 0.29) is 12.5 Å². The minimum atomic E-state index is -0.00694. The van der Waals surface area contributed by atoms with Crippen LogP contribution in [0.4, 0.5) is 0 Å². The number of likely N-dealkylation sites (N-methyl/N-ethyl adjacent to an activating group) is 1. The maximum absolute atomic E-state index is 10.5. The van der Waals surface area contributed by atoms with Crippen molar-refractivity contribution in [1.29, 1.82) is 0 Å². The fourth-order valence-electron chi connectivity index (χ4n) is 0.332. The Morgan fingerprint density at radius 1 is 1.75 bits per heavy atom. The second-order valence-corrected chi connectivity index (χ2v) is 1.61. The van der Waals surface area contributed by atoms with Gasteiger partial charge in [0.25, 0.3) is 0 Å². The number of hydrogen-bond donors (Lipinski definition) is 1. The summed E-state index contributed by atoms with van der Waals surface area (Å²) in [6.07, 6.45) is 0. The lowest BCUT2D eigenvalue weighted by Gasteiger charge is -2.11. The fraction of sp³-hybridized carbons (Fsp3) is 0.800. The highest BCUT2D eigenvalue weighted by atomic mass is 16.2. The van der Waals surface area contributed by atoms with Crippen molar-refractivity contribution in [2.75, 3.05) is 20.1 Å². The summed E-state index contributed by atoms with van der Waals surface area (Å²) in [7, 11) is 1.73. The summed E-state index contributed by atoms with van der Waals surface area (Å²) in [5.74, 6) is -0.00694. The van der Waals surface area contributed by atoms with Gasteiger partial charge in [-0.3, -0.25) is 4.79 Å². The summed E-state index contributed by atoms with van der Waals surface area (Å²) in [6.45, 7) is 2.76. The average Bonchev–Trinajstić information content (AvgIpc) is 1.84. The van der Waals surface area contributed by atoms with Crippen molar-refractivity contribution < 1.29 is 4.79 Å². The molecule has 0 heterocycles. The molecule has 0 aromatic heterocycles. The van der Waals surface area contributed by atoms with Crippen molar-refractivity contribution in [2.24, 2.45) is 5.73 Å². The van der Waals surface area contributed by atoms with E-state index < -0.39 is 0 Å². The predicted octanol–water partition coefficient (Wildman–Crippen LogP) is -0.577. The average molecular weight is 116 g/mol. The Morgan fingerprint density at radius 3 is 2.38 bits per heavy atom. The van der Waals surface area contributed by atoms with E-state index in [1.54, 1.807) is 11.9 Å². The molecule has 0 aliphatic heterocycles. The van der Waals surface area contributed by atoms with Gasteiger partial charge in [0.05, 0.1) is 6.54 Å². The summed E-state index contributed by atoms with van der Waals surface area (Å²) in [5.41, 5.74) is 5.06. The number of amides is 1. The quantitative estimate of drug-likeness (QED) is 0.525. The molecule has 0 unspecified atom stereocenters. The van der Waals surface area contributed by atoms with Crippen molar-refractivity contribution >= 4 is 5.91 Å². The van der Waals surface area contributed by atoms with Crippen LogP contribution in [-0.4, -0.2) is 30.9 Å². The van der Waals surface area contributed by atoms with E-state index in [1.165, 1.54) is 0 Å². The molecule has 0 atom stereocenters. The number of hydrogen-bond acceptors (Lipinski definition) is 2. The highest BCUT2D eigenvalue weighted by Crippen LogP contribution is 1.78. The van der Waals surface area contributed by atoms with Crippen molar-refractivity contribution in [3.8, 4) is 0 Å². The van der Waals surface area contributed by atoms with Gasteiger partial charge < -0.3 is 10.6 Å². The Kier molecular flexibility index (Phi) is 3.19. The SMILES string of the molecule is CCN(C)C(=O)CN. The largest absolute Gasteiger partial charge is 0.345 e. The van der Waals surface area contributed by atoms with Crippen LogP contribution in [0.2, 0.25) is 0 Å². The first kappa shape index (κ1) is 7.43. The Labute approximate surface area is 49.5 Å². The van der Waals surface area contributed by atoms with Crippen LogP contribution in [0.1, 0.15) is 6.92 Å². The van der Waals surface area contributed by atoms with Crippen molar-refractivity contribution in [1.82, 2.24) is 4.90 Å². The van der Waals surface area contributed by atoms with E-state index in [9.17, 15) is 4.79 Å². The molecule has 1 amide bonds. The number of rotatable bonds is 2. The third kappa shape index (κ3) is 1.93. The lowest BCUT2D eigenvalue weighted by atomic mass is 10.5. The highest BCUT2D eigenvalue weighted by Gasteiger charge is 2.00. The van der Waals surface area contributed by atoms with Crippen LogP contribution in [0.5, 0.6) is 0 Å². The second-order valence-electron chi connectivity index (χ2n) is 1.61. The van der Waals surface area contributed by atoms with Crippen LogP contribution < -0.4 is 5.73 Å². The number of carbonyl (C=O) groups is 1. The zero-order chi connectivity index (χ0) is 6.57. The standard InChI is InChI=1S/C5H12N2O/c1-3-7(2)5(8)4-6/h3-4,6H2,1-2H3. The molecule has 0 aliphatic rings. The molecule has 3 heteroatoms. The Morgan fingerprint density at radius 2 is 2.25 bits per heavy atom. The minimum Gasteiger partial charge on any atom is -0.345 e. The molecule has 0 aliphatic carbocycles. The molecule has 0 spiro atoms. The first-order valence-corrected chi connectivity index (χ1v) is 2.66. The third-order valence-electron chi connectivity index (χ3n) is 1.07. The summed E-state index contributed by atoms with van der Waals surface area (Å²) in [6, 6.07) is 0. The van der Waals surface area contributed by atoms with Crippen LogP contribution in [-0.2, 0) is 4.79 Å². The van der Waals surface area contributed by atoms with Gasteiger partial charge in [0.2, 0.25) is 5.91 Å². The van der Waals surface area contributed by atoms with Gasteiger partial charge in [0.15, 0.2) is 0 Å². The summed E-state index contributed by atoms with van der Waals surface area (Å²) in [4.78, 5) is 12.1. The maximum atomic E-state index is 10.5. The van der Waals surface area contributed by atoms with Crippen molar-refractivity contribution in [2.45, 2.75) is 6.92 Å². The molecule has 0 aromatic carbocycles.